The first-order chi connectivity index (χ1) is 12.9. The molecule has 1 heterocycles. The number of halogens is 2. The van der Waals surface area contributed by atoms with E-state index in [1.54, 1.807) is 30.0 Å². The van der Waals surface area contributed by atoms with Crippen LogP contribution in [-0.2, 0) is 16.1 Å². The lowest BCUT2D eigenvalue weighted by molar-refractivity contribution is -0.116. The number of anilines is 1. The molecule has 0 bridgehead atoms. The maximum absolute atomic E-state index is 13.9. The molecule has 140 valence electrons. The van der Waals surface area contributed by atoms with Crippen molar-refractivity contribution >= 4 is 28.5 Å². The van der Waals surface area contributed by atoms with Gasteiger partial charge in [0.2, 0.25) is 5.91 Å². The molecule has 1 N–H and O–H groups in total. The lowest BCUT2D eigenvalue weighted by atomic mass is 10.1. The molecular formula is C19H16F2N2O4. The summed E-state index contributed by atoms with van der Waals surface area (Å²) in [6, 6.07) is 8.64. The van der Waals surface area contributed by atoms with Gasteiger partial charge in [-0.3, -0.25) is 4.79 Å². The number of carbonyl (C=O) groups excluding carboxylic acids is 2. The number of nitrogens with zero attached hydrogens (tertiary/aromatic N) is 1. The van der Waals surface area contributed by atoms with Crippen LogP contribution in [0, 0.1) is 11.6 Å². The van der Waals surface area contributed by atoms with Crippen LogP contribution in [-0.4, -0.2) is 30.7 Å². The third kappa shape index (κ3) is 3.74. The van der Waals surface area contributed by atoms with E-state index in [-0.39, 0.29) is 12.2 Å². The third-order valence-electron chi connectivity index (χ3n) is 4.03. The van der Waals surface area contributed by atoms with Gasteiger partial charge in [-0.05, 0) is 30.3 Å². The minimum absolute atomic E-state index is 0.0970. The standard InChI is InChI=1S/C19H16F2N2O4/c1-26-12-3-4-17-11(7-12)5-6-23(17)10-18(24)22-16-8-13(19(25)27-2)14(20)9-15(16)21/h3-9H,10H2,1-2H3,(H,22,24). The summed E-state index contributed by atoms with van der Waals surface area (Å²) < 4.78 is 38.9. The summed E-state index contributed by atoms with van der Waals surface area (Å²) >= 11 is 0. The van der Waals surface area contributed by atoms with Crippen LogP contribution >= 0.6 is 0 Å². The molecule has 2 aromatic carbocycles. The molecular weight excluding hydrogens is 358 g/mol. The molecule has 0 aliphatic heterocycles. The summed E-state index contributed by atoms with van der Waals surface area (Å²) in [4.78, 5) is 23.8. The molecule has 0 atom stereocenters. The smallest absolute Gasteiger partial charge is 0.340 e. The van der Waals surface area contributed by atoms with Crippen molar-refractivity contribution in [3.63, 3.8) is 0 Å². The molecule has 8 heteroatoms. The number of rotatable bonds is 5. The van der Waals surface area contributed by atoms with Gasteiger partial charge in [0.05, 0.1) is 25.5 Å². The van der Waals surface area contributed by atoms with E-state index in [1.807, 2.05) is 12.1 Å². The Bertz CT molecular complexity index is 1030. The topological polar surface area (TPSA) is 69.6 Å². The van der Waals surface area contributed by atoms with Crippen LogP contribution in [0.15, 0.2) is 42.6 Å². The molecule has 3 rings (SSSR count). The van der Waals surface area contributed by atoms with Crippen LogP contribution in [0.5, 0.6) is 5.75 Å². The predicted octanol–water partition coefficient (Wildman–Crippen LogP) is 3.35. The van der Waals surface area contributed by atoms with Crippen molar-refractivity contribution in [1.82, 2.24) is 4.57 Å². The van der Waals surface area contributed by atoms with Gasteiger partial charge in [-0.1, -0.05) is 0 Å². The van der Waals surface area contributed by atoms with E-state index in [4.69, 9.17) is 4.74 Å². The fraction of sp³-hybridized carbons (Fsp3) is 0.158. The van der Waals surface area contributed by atoms with Gasteiger partial charge in [-0.25, -0.2) is 13.6 Å². The fourth-order valence-electron chi connectivity index (χ4n) is 2.70. The van der Waals surface area contributed by atoms with Crippen molar-refractivity contribution in [1.29, 1.82) is 0 Å². The molecule has 3 aromatic rings. The Kier molecular flexibility index (Phi) is 5.07. The van der Waals surface area contributed by atoms with E-state index in [0.29, 0.717) is 11.8 Å². The molecule has 0 aliphatic rings. The molecule has 6 nitrogen and oxygen atoms in total. The zero-order valence-corrected chi connectivity index (χ0v) is 14.6. The molecule has 0 saturated carbocycles. The van der Waals surface area contributed by atoms with Gasteiger partial charge < -0.3 is 19.4 Å². The van der Waals surface area contributed by atoms with Crippen LogP contribution in [0.2, 0.25) is 0 Å². The molecule has 0 unspecified atom stereocenters. The van der Waals surface area contributed by atoms with Crippen LogP contribution < -0.4 is 10.1 Å². The lowest BCUT2D eigenvalue weighted by Gasteiger charge is -2.10. The van der Waals surface area contributed by atoms with Gasteiger partial charge in [-0.15, -0.1) is 0 Å². The first-order valence-corrected chi connectivity index (χ1v) is 7.93. The van der Waals surface area contributed by atoms with Gasteiger partial charge in [0.15, 0.2) is 0 Å². The summed E-state index contributed by atoms with van der Waals surface area (Å²) in [5.41, 5.74) is 0.0217. The lowest BCUT2D eigenvalue weighted by Crippen LogP contribution is -2.19. The van der Waals surface area contributed by atoms with Gasteiger partial charge in [-0.2, -0.15) is 0 Å². The second kappa shape index (κ2) is 7.45. The Labute approximate surface area is 153 Å². The van der Waals surface area contributed by atoms with Crippen molar-refractivity contribution in [3.8, 4) is 5.75 Å². The minimum Gasteiger partial charge on any atom is -0.497 e. The van der Waals surface area contributed by atoms with Gasteiger partial charge in [0.1, 0.15) is 23.9 Å². The first-order valence-electron chi connectivity index (χ1n) is 7.93. The number of carbonyl (C=O) groups is 2. The average molecular weight is 374 g/mol. The normalized spacial score (nSPS) is 10.7. The van der Waals surface area contributed by atoms with E-state index < -0.39 is 29.1 Å². The van der Waals surface area contributed by atoms with E-state index in [0.717, 1.165) is 24.1 Å². The number of amides is 1. The van der Waals surface area contributed by atoms with E-state index in [9.17, 15) is 18.4 Å². The molecule has 0 spiro atoms. The highest BCUT2D eigenvalue weighted by molar-refractivity contribution is 5.95. The number of ether oxygens (including phenoxy) is 2. The number of benzene rings is 2. The summed E-state index contributed by atoms with van der Waals surface area (Å²) in [6.07, 6.45) is 1.71. The Balaban J connectivity index is 1.81. The third-order valence-corrected chi connectivity index (χ3v) is 4.03. The fourth-order valence-corrected chi connectivity index (χ4v) is 2.70. The zero-order valence-electron chi connectivity index (χ0n) is 14.6. The van der Waals surface area contributed by atoms with Crippen molar-refractivity contribution < 1.29 is 27.8 Å². The van der Waals surface area contributed by atoms with Crippen molar-refractivity contribution in [3.05, 3.63) is 59.8 Å². The Morgan fingerprint density at radius 2 is 1.85 bits per heavy atom. The first kappa shape index (κ1) is 18.4. The Hall–Kier alpha value is -3.42. The molecule has 0 fully saturated rings. The number of esters is 1. The quantitative estimate of drug-likeness (QED) is 0.696. The second-order valence-electron chi connectivity index (χ2n) is 5.72. The van der Waals surface area contributed by atoms with Gasteiger partial charge >= 0.3 is 5.97 Å². The maximum atomic E-state index is 13.9. The monoisotopic (exact) mass is 374 g/mol. The van der Waals surface area contributed by atoms with E-state index in [2.05, 4.69) is 10.1 Å². The Morgan fingerprint density at radius 1 is 1.07 bits per heavy atom. The van der Waals surface area contributed by atoms with Crippen molar-refractivity contribution in [2.75, 3.05) is 19.5 Å². The number of fused-ring (bicyclic) bond motifs is 1. The molecule has 0 aliphatic carbocycles. The minimum atomic E-state index is -1.07. The average Bonchev–Trinajstić information content (AvgIpc) is 3.05. The summed E-state index contributed by atoms with van der Waals surface area (Å²) in [5, 5.41) is 3.23. The number of nitrogens with one attached hydrogen (secondary N) is 1. The molecule has 1 amide bonds. The highest BCUT2D eigenvalue weighted by atomic mass is 19.1. The second-order valence-corrected chi connectivity index (χ2v) is 5.72. The van der Waals surface area contributed by atoms with E-state index >= 15 is 0 Å². The molecule has 27 heavy (non-hydrogen) atoms. The molecule has 0 saturated heterocycles. The summed E-state index contributed by atoms with van der Waals surface area (Å²) in [6.45, 7) is -0.0970. The number of methoxy groups -OCH3 is 2. The predicted molar refractivity (Wildman–Crippen MR) is 94.8 cm³/mol. The van der Waals surface area contributed by atoms with Crippen LogP contribution in [0.1, 0.15) is 10.4 Å². The van der Waals surface area contributed by atoms with Crippen LogP contribution in [0.4, 0.5) is 14.5 Å². The molecule has 0 radical (unpaired) electrons. The summed E-state index contributed by atoms with van der Waals surface area (Å²) in [5.74, 6) is -2.87. The zero-order chi connectivity index (χ0) is 19.6. The summed E-state index contributed by atoms with van der Waals surface area (Å²) in [7, 11) is 2.64. The highest BCUT2D eigenvalue weighted by Crippen LogP contribution is 2.23. The van der Waals surface area contributed by atoms with Crippen LogP contribution in [0.25, 0.3) is 10.9 Å². The molecule has 1 aromatic heterocycles. The SMILES string of the molecule is COC(=O)c1cc(NC(=O)Cn2ccc3cc(OC)ccc32)c(F)cc1F. The number of aromatic nitrogens is 1. The van der Waals surface area contributed by atoms with Crippen LogP contribution in [0.3, 0.4) is 0 Å². The van der Waals surface area contributed by atoms with Gasteiger partial charge in [0.25, 0.3) is 0 Å². The number of hydrogen-bond acceptors (Lipinski definition) is 4. The Morgan fingerprint density at radius 3 is 2.56 bits per heavy atom. The largest absolute Gasteiger partial charge is 0.497 e. The van der Waals surface area contributed by atoms with Crippen molar-refractivity contribution in [2.24, 2.45) is 0 Å². The van der Waals surface area contributed by atoms with Crippen molar-refractivity contribution in [2.45, 2.75) is 6.54 Å². The maximum Gasteiger partial charge on any atom is 0.340 e. The number of hydrogen-bond donors (Lipinski definition) is 1. The highest BCUT2D eigenvalue weighted by Gasteiger charge is 2.18. The van der Waals surface area contributed by atoms with E-state index in [1.165, 1.54) is 0 Å². The van der Waals surface area contributed by atoms with Gasteiger partial charge in [0, 0.05) is 23.2 Å².